The number of carbonyl (C=O) groups excluding carboxylic acids is 1. The number of hydrogen-bond donors (Lipinski definition) is 2. The van der Waals surface area contributed by atoms with Crippen molar-refractivity contribution in [1.82, 2.24) is 10.2 Å². The Morgan fingerprint density at radius 3 is 2.85 bits per heavy atom. The highest BCUT2D eigenvalue weighted by Crippen LogP contribution is 2.37. The van der Waals surface area contributed by atoms with Crippen molar-refractivity contribution in [2.75, 3.05) is 20.1 Å². The van der Waals surface area contributed by atoms with E-state index in [0.717, 1.165) is 19.0 Å². The van der Waals surface area contributed by atoms with Crippen molar-refractivity contribution in [3.8, 4) is 5.75 Å². The zero-order valence-electron chi connectivity index (χ0n) is 12.1. The molecular formula is C15H21FN2O2. The van der Waals surface area contributed by atoms with E-state index in [-0.39, 0.29) is 17.7 Å². The summed E-state index contributed by atoms with van der Waals surface area (Å²) in [5.74, 6) is -0.448. The molecule has 1 aliphatic rings. The van der Waals surface area contributed by atoms with Gasteiger partial charge in [0.2, 0.25) is 5.91 Å². The molecule has 2 atom stereocenters. The summed E-state index contributed by atoms with van der Waals surface area (Å²) in [4.78, 5) is 14.1. The van der Waals surface area contributed by atoms with Crippen LogP contribution < -0.4 is 5.32 Å². The van der Waals surface area contributed by atoms with Crippen LogP contribution in [-0.4, -0.2) is 36.1 Å². The van der Waals surface area contributed by atoms with E-state index in [1.54, 1.807) is 13.1 Å². The maximum Gasteiger partial charge on any atom is 0.227 e. The molecule has 1 heterocycles. The van der Waals surface area contributed by atoms with Gasteiger partial charge < -0.3 is 10.4 Å². The molecule has 0 aromatic heterocycles. The number of phenols is 1. The predicted octanol–water partition coefficient (Wildman–Crippen LogP) is 2.05. The zero-order chi connectivity index (χ0) is 14.9. The number of amides is 1. The smallest absolute Gasteiger partial charge is 0.227 e. The largest absolute Gasteiger partial charge is 0.508 e. The molecule has 2 N–H and O–H groups in total. The molecule has 5 heteroatoms. The average Bonchev–Trinajstić information content (AvgIpc) is 2.81. The highest BCUT2D eigenvalue weighted by atomic mass is 19.1. The van der Waals surface area contributed by atoms with E-state index in [1.807, 2.05) is 13.8 Å². The summed E-state index contributed by atoms with van der Waals surface area (Å²) in [6, 6.07) is 4.02. The molecule has 20 heavy (non-hydrogen) atoms. The Kier molecular flexibility index (Phi) is 3.99. The number of halogens is 1. The van der Waals surface area contributed by atoms with Crippen LogP contribution in [0, 0.1) is 11.2 Å². The van der Waals surface area contributed by atoms with Crippen molar-refractivity contribution in [3.05, 3.63) is 29.6 Å². The van der Waals surface area contributed by atoms with Crippen LogP contribution in [-0.2, 0) is 4.79 Å². The van der Waals surface area contributed by atoms with Crippen LogP contribution >= 0.6 is 0 Å². The topological polar surface area (TPSA) is 52.6 Å². The monoisotopic (exact) mass is 280 g/mol. The van der Waals surface area contributed by atoms with Gasteiger partial charge in [0.05, 0.1) is 5.41 Å². The van der Waals surface area contributed by atoms with Gasteiger partial charge in [-0.1, -0.05) is 6.07 Å². The Morgan fingerprint density at radius 1 is 1.55 bits per heavy atom. The van der Waals surface area contributed by atoms with Crippen molar-refractivity contribution >= 4 is 5.91 Å². The lowest BCUT2D eigenvalue weighted by Crippen LogP contribution is -2.39. The molecule has 0 aliphatic carbocycles. The Balaban J connectivity index is 2.15. The first-order valence-corrected chi connectivity index (χ1v) is 6.82. The number of nitrogens with one attached hydrogen (secondary N) is 1. The first-order chi connectivity index (χ1) is 9.37. The first-order valence-electron chi connectivity index (χ1n) is 6.82. The lowest BCUT2D eigenvalue weighted by atomic mass is 9.89. The molecule has 1 aromatic carbocycles. The summed E-state index contributed by atoms with van der Waals surface area (Å²) in [6.45, 7) is 5.32. The van der Waals surface area contributed by atoms with Crippen LogP contribution in [0.3, 0.4) is 0 Å². The van der Waals surface area contributed by atoms with Gasteiger partial charge in [-0.2, -0.15) is 0 Å². The minimum atomic E-state index is -0.449. The number of phenolic OH excluding ortho intramolecular Hbond substituents is 1. The SMILES string of the molecule is CNC(=O)C1(C)CCN(C(C)c2ccc(F)cc2O)C1. The van der Waals surface area contributed by atoms with Crippen LogP contribution in [0.2, 0.25) is 0 Å². The van der Waals surface area contributed by atoms with Crippen LogP contribution in [0.4, 0.5) is 4.39 Å². The molecule has 0 radical (unpaired) electrons. The lowest BCUT2D eigenvalue weighted by molar-refractivity contribution is -0.129. The Hall–Kier alpha value is -1.62. The fourth-order valence-electron chi connectivity index (χ4n) is 2.88. The third-order valence-electron chi connectivity index (χ3n) is 4.27. The van der Waals surface area contributed by atoms with Crippen molar-refractivity contribution in [2.24, 2.45) is 5.41 Å². The fraction of sp³-hybridized carbons (Fsp3) is 0.533. The normalized spacial score (nSPS) is 24.6. The molecule has 1 fully saturated rings. The van der Waals surface area contributed by atoms with Gasteiger partial charge in [0.1, 0.15) is 11.6 Å². The minimum Gasteiger partial charge on any atom is -0.508 e. The number of aromatic hydroxyl groups is 1. The molecule has 1 aliphatic heterocycles. The van der Waals surface area contributed by atoms with Gasteiger partial charge >= 0.3 is 0 Å². The quantitative estimate of drug-likeness (QED) is 0.891. The minimum absolute atomic E-state index is 0.0361. The molecule has 0 spiro atoms. The zero-order valence-corrected chi connectivity index (χ0v) is 12.1. The molecular weight excluding hydrogens is 259 g/mol. The molecule has 2 rings (SSSR count). The second kappa shape index (κ2) is 5.40. The van der Waals surface area contributed by atoms with Crippen LogP contribution in [0.25, 0.3) is 0 Å². The molecule has 0 saturated carbocycles. The maximum atomic E-state index is 13.0. The van der Waals surface area contributed by atoms with Crippen molar-refractivity contribution < 1.29 is 14.3 Å². The number of hydrogen-bond acceptors (Lipinski definition) is 3. The van der Waals surface area contributed by atoms with E-state index >= 15 is 0 Å². The predicted molar refractivity (Wildman–Crippen MR) is 74.8 cm³/mol. The summed E-state index contributed by atoms with van der Waals surface area (Å²) >= 11 is 0. The molecule has 1 aromatic rings. The molecule has 1 saturated heterocycles. The lowest BCUT2D eigenvalue weighted by Gasteiger charge is -2.27. The van der Waals surface area contributed by atoms with Crippen LogP contribution in [0.15, 0.2) is 18.2 Å². The fourth-order valence-corrected chi connectivity index (χ4v) is 2.88. The van der Waals surface area contributed by atoms with Gasteiger partial charge in [-0.25, -0.2) is 4.39 Å². The first kappa shape index (κ1) is 14.8. The molecule has 2 unspecified atom stereocenters. The van der Waals surface area contributed by atoms with E-state index in [2.05, 4.69) is 10.2 Å². The van der Waals surface area contributed by atoms with Gasteiger partial charge in [0.15, 0.2) is 0 Å². The van der Waals surface area contributed by atoms with Gasteiger partial charge in [0.25, 0.3) is 0 Å². The summed E-state index contributed by atoms with van der Waals surface area (Å²) in [7, 11) is 1.64. The van der Waals surface area contributed by atoms with Crippen molar-refractivity contribution in [1.29, 1.82) is 0 Å². The highest BCUT2D eigenvalue weighted by Gasteiger charge is 2.41. The summed E-state index contributed by atoms with van der Waals surface area (Å²) in [5, 5.41) is 12.6. The summed E-state index contributed by atoms with van der Waals surface area (Å²) < 4.78 is 13.0. The molecule has 4 nitrogen and oxygen atoms in total. The summed E-state index contributed by atoms with van der Waals surface area (Å²) in [6.07, 6.45) is 0.777. The number of likely N-dealkylation sites (tertiary alicyclic amines) is 1. The third-order valence-corrected chi connectivity index (χ3v) is 4.27. The van der Waals surface area contributed by atoms with E-state index < -0.39 is 11.2 Å². The number of carbonyl (C=O) groups is 1. The van der Waals surface area contributed by atoms with Gasteiger partial charge in [-0.05, 0) is 32.9 Å². The van der Waals surface area contributed by atoms with E-state index in [1.165, 1.54) is 6.07 Å². The molecule has 0 bridgehead atoms. The van der Waals surface area contributed by atoms with Gasteiger partial charge in [0, 0.05) is 31.3 Å². The van der Waals surface area contributed by atoms with Gasteiger partial charge in [-0.3, -0.25) is 9.69 Å². The Morgan fingerprint density at radius 2 is 2.25 bits per heavy atom. The standard InChI is InChI=1S/C15H21FN2O2/c1-10(12-5-4-11(16)8-13(12)19)18-7-6-15(2,9-18)14(20)17-3/h4-5,8,10,19H,6-7,9H2,1-3H3,(H,17,20). The summed E-state index contributed by atoms with van der Waals surface area (Å²) in [5.41, 5.74) is 0.283. The number of nitrogens with zero attached hydrogens (tertiary/aromatic N) is 1. The van der Waals surface area contributed by atoms with E-state index in [4.69, 9.17) is 0 Å². The van der Waals surface area contributed by atoms with E-state index in [9.17, 15) is 14.3 Å². The Bertz CT molecular complexity index is 521. The van der Waals surface area contributed by atoms with Crippen molar-refractivity contribution in [3.63, 3.8) is 0 Å². The maximum absolute atomic E-state index is 13.0. The van der Waals surface area contributed by atoms with Crippen LogP contribution in [0.5, 0.6) is 5.75 Å². The molecule has 110 valence electrons. The number of benzene rings is 1. The Labute approximate surface area is 118 Å². The second-order valence-corrected chi connectivity index (χ2v) is 5.74. The van der Waals surface area contributed by atoms with E-state index in [0.29, 0.717) is 12.1 Å². The third kappa shape index (κ3) is 2.63. The van der Waals surface area contributed by atoms with Crippen LogP contribution in [0.1, 0.15) is 31.9 Å². The van der Waals surface area contributed by atoms with Crippen molar-refractivity contribution in [2.45, 2.75) is 26.3 Å². The highest BCUT2D eigenvalue weighted by molar-refractivity contribution is 5.82. The van der Waals surface area contributed by atoms with Gasteiger partial charge in [-0.15, -0.1) is 0 Å². The average molecular weight is 280 g/mol. The second-order valence-electron chi connectivity index (χ2n) is 5.74. The molecule has 1 amide bonds. The number of rotatable bonds is 3.